The highest BCUT2D eigenvalue weighted by molar-refractivity contribution is 6.69. The molecule has 2 atom stereocenters. The van der Waals surface area contributed by atoms with Crippen LogP contribution >= 0.6 is 0 Å². The summed E-state index contributed by atoms with van der Waals surface area (Å²) in [6.45, 7) is 8.54. The fourth-order valence-electron chi connectivity index (χ4n) is 3.03. The van der Waals surface area contributed by atoms with Crippen molar-refractivity contribution in [3.05, 3.63) is 65.8 Å². The summed E-state index contributed by atoms with van der Waals surface area (Å²) in [7, 11) is -0.281. The molecule has 0 bridgehead atoms. The molecule has 1 aliphatic carbocycles. The Morgan fingerprint density at radius 2 is 1.96 bits per heavy atom. The lowest BCUT2D eigenvalue weighted by molar-refractivity contribution is -0.147. The van der Waals surface area contributed by atoms with E-state index in [9.17, 15) is 4.79 Å². The number of methoxy groups -OCH3 is 1. The molecule has 2 rings (SSSR count). The maximum Gasteiger partial charge on any atom is 0.334 e. The molecule has 4 nitrogen and oxygen atoms in total. The number of hydrogen-bond donors (Lipinski definition) is 0. The zero-order chi connectivity index (χ0) is 19.9. The topological polar surface area (TPSA) is 44.8 Å². The smallest absolute Gasteiger partial charge is 0.334 e. The summed E-state index contributed by atoms with van der Waals surface area (Å²) in [5.41, 5.74) is 1.70. The fourth-order valence-corrected chi connectivity index (χ4v) is 4.28. The maximum atomic E-state index is 12.3. The van der Waals surface area contributed by atoms with Crippen molar-refractivity contribution in [3.63, 3.8) is 0 Å². The van der Waals surface area contributed by atoms with Crippen LogP contribution in [0.2, 0.25) is 19.6 Å². The van der Waals surface area contributed by atoms with Crippen LogP contribution in [0.3, 0.4) is 0 Å². The summed E-state index contributed by atoms with van der Waals surface area (Å²) in [5, 5.41) is 0. The fraction of sp³-hybridized carbons (Fsp3) is 0.409. The largest absolute Gasteiger partial charge is 0.463 e. The minimum atomic E-state index is -1.93. The van der Waals surface area contributed by atoms with Gasteiger partial charge in [0.25, 0.3) is 0 Å². The molecule has 1 aromatic carbocycles. The minimum absolute atomic E-state index is 0.257. The summed E-state index contributed by atoms with van der Waals surface area (Å²) in [5.74, 6) is -1.49. The van der Waals surface area contributed by atoms with Crippen molar-refractivity contribution in [3.8, 4) is 0 Å². The van der Waals surface area contributed by atoms with Gasteiger partial charge < -0.3 is 13.9 Å². The third-order valence-corrected chi connectivity index (χ3v) is 5.08. The summed E-state index contributed by atoms with van der Waals surface area (Å²) in [6.07, 6.45) is 10.4. The van der Waals surface area contributed by atoms with Crippen LogP contribution in [0.25, 0.3) is 6.08 Å². The molecule has 0 heterocycles. The first-order valence-corrected chi connectivity index (χ1v) is 12.7. The molecular formula is C22H30O4Si. The number of allylic oxidation sites excluding steroid dienone is 1. The Hall–Kier alpha value is -1.95. The Morgan fingerprint density at radius 1 is 1.26 bits per heavy atom. The second-order valence-corrected chi connectivity index (χ2v) is 11.9. The van der Waals surface area contributed by atoms with Gasteiger partial charge in [0.1, 0.15) is 0 Å². The van der Waals surface area contributed by atoms with Crippen LogP contribution in [0.5, 0.6) is 0 Å². The molecule has 0 saturated carbocycles. The average molecular weight is 387 g/mol. The standard InChI is InChI=1S/C22H30O4Si/c1-6-25-21(23)19-13-10-16-22(24-2,26-27(3,4)5)20(17-19)15-14-18-11-8-7-9-12-18/h7-12,14-17,20H,6,13H2,1-5H3/b15-14+. The van der Waals surface area contributed by atoms with E-state index in [0.29, 0.717) is 18.6 Å². The molecule has 0 spiro atoms. The molecule has 0 amide bonds. The van der Waals surface area contributed by atoms with Crippen molar-refractivity contribution in [1.29, 1.82) is 0 Å². The molecule has 0 saturated heterocycles. The van der Waals surface area contributed by atoms with E-state index in [1.165, 1.54) is 0 Å². The average Bonchev–Trinajstić information content (AvgIpc) is 2.80. The predicted molar refractivity (Wildman–Crippen MR) is 112 cm³/mol. The first kappa shape index (κ1) is 21.3. The number of rotatable bonds is 7. The van der Waals surface area contributed by atoms with Gasteiger partial charge in [-0.2, -0.15) is 0 Å². The molecule has 1 aliphatic rings. The van der Waals surface area contributed by atoms with E-state index in [-0.39, 0.29) is 11.9 Å². The van der Waals surface area contributed by atoms with Crippen LogP contribution in [0.15, 0.2) is 60.2 Å². The van der Waals surface area contributed by atoms with E-state index in [2.05, 4.69) is 19.6 Å². The van der Waals surface area contributed by atoms with Crippen LogP contribution in [-0.4, -0.2) is 33.8 Å². The lowest BCUT2D eigenvalue weighted by Crippen LogP contribution is -2.47. The van der Waals surface area contributed by atoms with E-state index in [1.54, 1.807) is 7.11 Å². The molecule has 2 unspecified atom stereocenters. The van der Waals surface area contributed by atoms with Crippen molar-refractivity contribution in [2.24, 2.45) is 5.92 Å². The van der Waals surface area contributed by atoms with E-state index in [1.807, 2.05) is 67.6 Å². The Balaban J connectivity index is 2.46. The Bertz CT molecular complexity index is 716. The second-order valence-electron chi connectivity index (χ2n) is 7.45. The quantitative estimate of drug-likeness (QED) is 0.288. The second kappa shape index (κ2) is 9.31. The van der Waals surface area contributed by atoms with E-state index in [0.717, 1.165) is 5.56 Å². The van der Waals surface area contributed by atoms with Gasteiger partial charge in [-0.25, -0.2) is 4.79 Å². The molecule has 0 aliphatic heterocycles. The number of carbonyl (C=O) groups excluding carboxylic acids is 1. The highest BCUT2D eigenvalue weighted by Gasteiger charge is 2.41. The van der Waals surface area contributed by atoms with Crippen molar-refractivity contribution in [2.75, 3.05) is 13.7 Å². The van der Waals surface area contributed by atoms with Gasteiger partial charge in [0.15, 0.2) is 14.1 Å². The summed E-state index contributed by atoms with van der Waals surface area (Å²) >= 11 is 0. The molecular weight excluding hydrogens is 356 g/mol. The van der Waals surface area contributed by atoms with Gasteiger partial charge in [0.2, 0.25) is 0 Å². The highest BCUT2D eigenvalue weighted by atomic mass is 28.4. The molecule has 0 aromatic heterocycles. The lowest BCUT2D eigenvalue weighted by atomic mass is 9.95. The van der Waals surface area contributed by atoms with Crippen molar-refractivity contribution in [1.82, 2.24) is 0 Å². The number of carbonyl (C=O) groups is 1. The SMILES string of the molecule is CCOC(=O)C1=CC(/C=C/c2ccccc2)C(OC)(O[Si](C)(C)C)C=CC1. The number of benzene rings is 1. The molecule has 1 aromatic rings. The van der Waals surface area contributed by atoms with Crippen molar-refractivity contribution in [2.45, 2.75) is 38.8 Å². The van der Waals surface area contributed by atoms with E-state index >= 15 is 0 Å². The van der Waals surface area contributed by atoms with Gasteiger partial charge >= 0.3 is 5.97 Å². The predicted octanol–water partition coefficient (Wildman–Crippen LogP) is 4.96. The van der Waals surface area contributed by atoms with Gasteiger partial charge in [-0.15, -0.1) is 0 Å². The zero-order valence-corrected chi connectivity index (χ0v) is 17.9. The third-order valence-electron chi connectivity index (χ3n) is 4.15. The van der Waals surface area contributed by atoms with Gasteiger partial charge in [0, 0.05) is 12.7 Å². The van der Waals surface area contributed by atoms with Crippen LogP contribution in [0, 0.1) is 5.92 Å². The monoisotopic (exact) mass is 386 g/mol. The van der Waals surface area contributed by atoms with Gasteiger partial charge in [0.05, 0.1) is 12.5 Å². The Morgan fingerprint density at radius 3 is 2.56 bits per heavy atom. The molecule has 5 heteroatoms. The first-order chi connectivity index (χ1) is 12.8. The van der Waals surface area contributed by atoms with Crippen LogP contribution in [0.1, 0.15) is 18.9 Å². The number of hydrogen-bond acceptors (Lipinski definition) is 4. The normalized spacial score (nSPS) is 23.1. The maximum absolute atomic E-state index is 12.3. The summed E-state index contributed by atoms with van der Waals surface area (Å²) in [6, 6.07) is 10.0. The number of ether oxygens (including phenoxy) is 2. The molecule has 0 N–H and O–H groups in total. The molecule has 146 valence electrons. The Kier molecular flexibility index (Phi) is 7.36. The summed E-state index contributed by atoms with van der Waals surface area (Å²) in [4.78, 5) is 12.3. The van der Waals surface area contributed by atoms with Gasteiger partial charge in [-0.1, -0.05) is 54.6 Å². The Labute approximate surface area is 163 Å². The number of esters is 1. The van der Waals surface area contributed by atoms with Crippen LogP contribution < -0.4 is 0 Å². The van der Waals surface area contributed by atoms with Crippen molar-refractivity contribution < 1.29 is 18.7 Å². The first-order valence-electron chi connectivity index (χ1n) is 9.34. The van der Waals surface area contributed by atoms with Crippen LogP contribution in [0.4, 0.5) is 0 Å². The van der Waals surface area contributed by atoms with Gasteiger partial charge in [-0.3, -0.25) is 0 Å². The van der Waals surface area contributed by atoms with E-state index < -0.39 is 14.1 Å². The zero-order valence-electron chi connectivity index (χ0n) is 16.9. The van der Waals surface area contributed by atoms with Gasteiger partial charge in [-0.05, 0) is 44.6 Å². The molecule has 0 radical (unpaired) electrons. The third kappa shape index (κ3) is 6.02. The van der Waals surface area contributed by atoms with E-state index in [4.69, 9.17) is 13.9 Å². The highest BCUT2D eigenvalue weighted by Crippen LogP contribution is 2.35. The minimum Gasteiger partial charge on any atom is -0.463 e. The summed E-state index contributed by atoms with van der Waals surface area (Å²) < 4.78 is 17.6. The van der Waals surface area contributed by atoms with Crippen molar-refractivity contribution >= 4 is 20.4 Å². The lowest BCUT2D eigenvalue weighted by Gasteiger charge is -2.39. The molecule has 0 fully saturated rings. The van der Waals surface area contributed by atoms with Crippen LogP contribution in [-0.2, 0) is 18.7 Å². The molecule has 27 heavy (non-hydrogen) atoms.